The van der Waals surface area contributed by atoms with Crippen LogP contribution in [-0.4, -0.2) is 27.1 Å². The molecule has 35 heavy (non-hydrogen) atoms. The summed E-state index contributed by atoms with van der Waals surface area (Å²) >= 11 is 0. The van der Waals surface area contributed by atoms with Crippen LogP contribution in [0.5, 0.6) is 0 Å². The summed E-state index contributed by atoms with van der Waals surface area (Å²) in [4.78, 5) is 12.9. The lowest BCUT2D eigenvalue weighted by atomic mass is 9.48. The number of nitrogens with zero attached hydrogens (tertiary/aromatic N) is 1. The highest BCUT2D eigenvalue weighted by Gasteiger charge is 2.51. The molecule has 0 saturated heterocycles. The minimum atomic E-state index is -3.61. The largest absolute Gasteiger partial charge is 0.348 e. The second kappa shape index (κ2) is 9.27. The van der Waals surface area contributed by atoms with Crippen molar-refractivity contribution in [1.29, 1.82) is 0 Å². The summed E-state index contributed by atoms with van der Waals surface area (Å²) in [5.74, 6) is 2.26. The normalized spacial score (nSPS) is 28.0. The first-order chi connectivity index (χ1) is 16.6. The fourth-order valence-electron chi connectivity index (χ4n) is 7.39. The van der Waals surface area contributed by atoms with E-state index in [1.54, 1.807) is 0 Å². The van der Waals surface area contributed by atoms with Crippen LogP contribution in [0.25, 0.3) is 0 Å². The number of hydrogen-bond donors (Lipinski definition) is 1. The molecule has 2 aromatic rings. The number of anilines is 1. The minimum Gasteiger partial charge on any atom is -0.348 e. The first kappa shape index (κ1) is 24.4. The van der Waals surface area contributed by atoms with E-state index in [4.69, 9.17) is 0 Å². The van der Waals surface area contributed by atoms with Crippen molar-refractivity contribution in [2.45, 2.75) is 70.3 Å². The Kier molecular flexibility index (Phi) is 6.45. The van der Waals surface area contributed by atoms with Crippen molar-refractivity contribution in [3.05, 3.63) is 65.2 Å². The molecule has 1 atom stereocenters. The van der Waals surface area contributed by atoms with Crippen LogP contribution in [-0.2, 0) is 26.7 Å². The van der Waals surface area contributed by atoms with Crippen molar-refractivity contribution >= 4 is 21.6 Å². The molecule has 1 amide bonds. The summed E-state index contributed by atoms with van der Waals surface area (Å²) in [6, 6.07) is 16.0. The van der Waals surface area contributed by atoms with E-state index >= 15 is 0 Å². The van der Waals surface area contributed by atoms with Crippen LogP contribution in [0.2, 0.25) is 0 Å². The summed E-state index contributed by atoms with van der Waals surface area (Å²) in [6.45, 7) is 3.80. The molecule has 188 valence electrons. The number of hydrogen-bond acceptors (Lipinski definition) is 3. The average molecular weight is 495 g/mol. The molecule has 0 radical (unpaired) electrons. The molecule has 2 aromatic carbocycles. The molecule has 4 saturated carbocycles. The van der Waals surface area contributed by atoms with Crippen molar-refractivity contribution in [3.63, 3.8) is 0 Å². The molecule has 1 N–H and O–H groups in total. The standard InChI is InChI=1S/C29H38N2O3S/c1-4-21-5-7-25(8-6-21)20(2)30-28(32)19-31(35(3,33)34)27-11-9-26(10-12-27)29-16-22-13-23(17-29)15-24(14-22)18-29/h5-12,20,22-24H,4,13-19H2,1-3H3,(H,30,32)/t20-,22?,23?,24?,29?/m1/s1. The van der Waals surface area contributed by atoms with Gasteiger partial charge in [0.15, 0.2) is 0 Å². The van der Waals surface area contributed by atoms with E-state index < -0.39 is 10.0 Å². The Morgan fingerprint density at radius 1 is 0.971 bits per heavy atom. The van der Waals surface area contributed by atoms with Crippen LogP contribution in [0.1, 0.15) is 75.1 Å². The Morgan fingerprint density at radius 3 is 2.00 bits per heavy atom. The number of carbonyl (C=O) groups excluding carboxylic acids is 1. The van der Waals surface area contributed by atoms with Gasteiger partial charge in [-0.15, -0.1) is 0 Å². The third-order valence-corrected chi connectivity index (χ3v) is 9.90. The smallest absolute Gasteiger partial charge is 0.241 e. The van der Waals surface area contributed by atoms with Gasteiger partial charge in [-0.2, -0.15) is 0 Å². The molecule has 0 unspecified atom stereocenters. The average Bonchev–Trinajstić information content (AvgIpc) is 2.81. The van der Waals surface area contributed by atoms with Gasteiger partial charge in [-0.05, 0) is 104 Å². The zero-order valence-corrected chi connectivity index (χ0v) is 22.0. The van der Waals surface area contributed by atoms with E-state index in [1.165, 1.54) is 60.2 Å². The molecule has 4 aliphatic carbocycles. The second-order valence-corrected chi connectivity index (χ2v) is 13.3. The van der Waals surface area contributed by atoms with Crippen molar-refractivity contribution in [3.8, 4) is 0 Å². The predicted octanol–water partition coefficient (Wildman–Crippen LogP) is 5.36. The second-order valence-electron chi connectivity index (χ2n) is 11.4. The number of amides is 1. The van der Waals surface area contributed by atoms with E-state index in [0.717, 1.165) is 29.7 Å². The van der Waals surface area contributed by atoms with E-state index in [0.29, 0.717) is 5.69 Å². The molecule has 0 heterocycles. The Hall–Kier alpha value is -2.34. The molecular weight excluding hydrogens is 456 g/mol. The zero-order valence-electron chi connectivity index (χ0n) is 21.2. The molecule has 0 spiro atoms. The van der Waals surface area contributed by atoms with Gasteiger partial charge in [0.25, 0.3) is 0 Å². The lowest BCUT2D eigenvalue weighted by molar-refractivity contribution is -0.120. The van der Waals surface area contributed by atoms with Gasteiger partial charge in [-0.25, -0.2) is 8.42 Å². The molecule has 4 bridgehead atoms. The van der Waals surface area contributed by atoms with Crippen molar-refractivity contribution < 1.29 is 13.2 Å². The molecule has 5 nitrogen and oxygen atoms in total. The number of carbonyl (C=O) groups is 1. The lowest BCUT2D eigenvalue weighted by Gasteiger charge is -2.57. The van der Waals surface area contributed by atoms with Gasteiger partial charge < -0.3 is 5.32 Å². The third kappa shape index (κ3) is 5.00. The van der Waals surface area contributed by atoms with Gasteiger partial charge in [0.1, 0.15) is 6.54 Å². The Bertz CT molecular complexity index is 1140. The summed E-state index contributed by atoms with van der Waals surface area (Å²) in [6.07, 6.45) is 10.1. The SMILES string of the molecule is CCc1ccc([C@@H](C)NC(=O)CN(c2ccc(C34CC5CC(CC(C5)C3)C4)cc2)S(C)(=O)=O)cc1. The maximum atomic E-state index is 12.9. The van der Waals surface area contributed by atoms with E-state index in [2.05, 4.69) is 36.5 Å². The fourth-order valence-corrected chi connectivity index (χ4v) is 8.24. The molecule has 0 aromatic heterocycles. The topological polar surface area (TPSA) is 66.5 Å². The highest BCUT2D eigenvalue weighted by Crippen LogP contribution is 2.60. The van der Waals surface area contributed by atoms with Gasteiger partial charge in [-0.3, -0.25) is 9.10 Å². The highest BCUT2D eigenvalue weighted by molar-refractivity contribution is 7.92. The minimum absolute atomic E-state index is 0.201. The third-order valence-electron chi connectivity index (χ3n) is 8.76. The maximum Gasteiger partial charge on any atom is 0.241 e. The zero-order chi connectivity index (χ0) is 24.8. The van der Waals surface area contributed by atoms with Gasteiger partial charge in [0.05, 0.1) is 18.0 Å². The summed E-state index contributed by atoms with van der Waals surface area (Å²) in [5, 5.41) is 2.96. The van der Waals surface area contributed by atoms with Crippen LogP contribution < -0.4 is 9.62 Å². The van der Waals surface area contributed by atoms with Crippen molar-refractivity contribution in [2.75, 3.05) is 17.1 Å². The predicted molar refractivity (Wildman–Crippen MR) is 141 cm³/mol. The first-order valence-electron chi connectivity index (χ1n) is 13.1. The van der Waals surface area contributed by atoms with Crippen molar-refractivity contribution in [1.82, 2.24) is 5.32 Å². The van der Waals surface area contributed by atoms with E-state index in [9.17, 15) is 13.2 Å². The summed E-state index contributed by atoms with van der Waals surface area (Å²) in [7, 11) is -3.61. The van der Waals surface area contributed by atoms with E-state index in [-0.39, 0.29) is 23.9 Å². The highest BCUT2D eigenvalue weighted by atomic mass is 32.2. The monoisotopic (exact) mass is 494 g/mol. The van der Waals surface area contributed by atoms with Gasteiger partial charge in [0.2, 0.25) is 15.9 Å². The number of rotatable bonds is 8. The van der Waals surface area contributed by atoms with Gasteiger partial charge in [-0.1, -0.05) is 43.3 Å². The van der Waals surface area contributed by atoms with Gasteiger partial charge in [0, 0.05) is 0 Å². The summed E-state index contributed by atoms with van der Waals surface area (Å²) < 4.78 is 26.5. The number of benzene rings is 2. The molecule has 6 heteroatoms. The fraction of sp³-hybridized carbons (Fsp3) is 0.552. The summed E-state index contributed by atoms with van der Waals surface area (Å²) in [5.41, 5.74) is 4.41. The van der Waals surface area contributed by atoms with Crippen LogP contribution in [0, 0.1) is 17.8 Å². The van der Waals surface area contributed by atoms with Crippen LogP contribution in [0.4, 0.5) is 5.69 Å². The van der Waals surface area contributed by atoms with Crippen molar-refractivity contribution in [2.24, 2.45) is 17.8 Å². The maximum absolute atomic E-state index is 12.9. The number of sulfonamides is 1. The lowest BCUT2D eigenvalue weighted by Crippen LogP contribution is -2.48. The Balaban J connectivity index is 1.29. The number of nitrogens with one attached hydrogen (secondary N) is 1. The van der Waals surface area contributed by atoms with E-state index in [1.807, 2.05) is 31.2 Å². The molecule has 6 rings (SSSR count). The van der Waals surface area contributed by atoms with Crippen LogP contribution in [0.15, 0.2) is 48.5 Å². The van der Waals surface area contributed by atoms with Crippen LogP contribution in [0.3, 0.4) is 0 Å². The molecule has 4 aliphatic rings. The number of aryl methyl sites for hydroxylation is 1. The molecule has 0 aliphatic heterocycles. The van der Waals surface area contributed by atoms with Gasteiger partial charge >= 0.3 is 0 Å². The Morgan fingerprint density at radius 2 is 1.51 bits per heavy atom. The first-order valence-corrected chi connectivity index (χ1v) is 15.0. The Labute approximate surface area is 210 Å². The van der Waals surface area contributed by atoms with Crippen LogP contribution >= 0.6 is 0 Å². The molecular formula is C29H38N2O3S. The quantitative estimate of drug-likeness (QED) is 0.537. The molecule has 4 fully saturated rings.